The normalized spacial score (nSPS) is 19.2. The summed E-state index contributed by atoms with van der Waals surface area (Å²) in [5, 5.41) is 10.2. The van der Waals surface area contributed by atoms with Crippen LogP contribution in [0.2, 0.25) is 0 Å². The molecule has 1 N–H and O–H groups in total. The number of amides is 1. The fourth-order valence-corrected chi connectivity index (χ4v) is 1.80. The SMILES string of the molecule is CN(CC1(O)CCOCC1)C(=O)COCC(F)(F)F. The Hall–Kier alpha value is -0.860. The second-order valence-electron chi connectivity index (χ2n) is 4.69. The number of hydrogen-bond acceptors (Lipinski definition) is 4. The first-order chi connectivity index (χ1) is 8.72. The summed E-state index contributed by atoms with van der Waals surface area (Å²) in [6.07, 6.45) is -3.65. The molecule has 0 atom stereocenters. The Morgan fingerprint density at radius 1 is 1.42 bits per heavy atom. The number of hydrogen-bond donors (Lipinski definition) is 1. The molecule has 1 aliphatic heterocycles. The van der Waals surface area contributed by atoms with Crippen LogP contribution in [0.3, 0.4) is 0 Å². The summed E-state index contributed by atoms with van der Waals surface area (Å²) in [5.41, 5.74) is -1.04. The summed E-state index contributed by atoms with van der Waals surface area (Å²) in [4.78, 5) is 12.7. The zero-order valence-corrected chi connectivity index (χ0v) is 10.7. The molecule has 19 heavy (non-hydrogen) atoms. The average molecular weight is 285 g/mol. The minimum atomic E-state index is -4.45. The highest BCUT2D eigenvalue weighted by molar-refractivity contribution is 5.77. The number of carbonyl (C=O) groups is 1. The van der Waals surface area contributed by atoms with Gasteiger partial charge in [-0.1, -0.05) is 0 Å². The minimum absolute atomic E-state index is 0.0601. The van der Waals surface area contributed by atoms with E-state index in [1.807, 2.05) is 0 Å². The van der Waals surface area contributed by atoms with Crippen molar-refractivity contribution in [1.29, 1.82) is 0 Å². The third kappa shape index (κ3) is 6.22. The van der Waals surface area contributed by atoms with Crippen molar-refractivity contribution in [2.75, 3.05) is 40.0 Å². The van der Waals surface area contributed by atoms with E-state index in [0.29, 0.717) is 26.1 Å². The second kappa shape index (κ2) is 6.53. The molecule has 0 unspecified atom stereocenters. The molecule has 8 heteroatoms. The summed E-state index contributed by atoms with van der Waals surface area (Å²) in [6.45, 7) is -1.23. The molecule has 1 aliphatic rings. The van der Waals surface area contributed by atoms with Gasteiger partial charge in [-0.2, -0.15) is 13.2 Å². The molecule has 0 aromatic rings. The fraction of sp³-hybridized carbons (Fsp3) is 0.909. The summed E-state index contributed by atoms with van der Waals surface area (Å²) in [5.74, 6) is -0.593. The number of likely N-dealkylation sites (N-methyl/N-ethyl adjacent to an activating group) is 1. The average Bonchev–Trinajstić information content (AvgIpc) is 2.27. The van der Waals surface area contributed by atoms with Crippen LogP contribution in [0.5, 0.6) is 0 Å². The molecule has 1 saturated heterocycles. The van der Waals surface area contributed by atoms with Crippen LogP contribution in [-0.4, -0.2) is 67.7 Å². The Morgan fingerprint density at radius 2 is 2.00 bits per heavy atom. The summed E-state index contributed by atoms with van der Waals surface area (Å²) in [7, 11) is 1.42. The van der Waals surface area contributed by atoms with Gasteiger partial charge in [-0.15, -0.1) is 0 Å². The van der Waals surface area contributed by atoms with E-state index in [2.05, 4.69) is 4.74 Å². The van der Waals surface area contributed by atoms with E-state index in [0.717, 1.165) is 0 Å². The van der Waals surface area contributed by atoms with Crippen molar-refractivity contribution < 1.29 is 32.5 Å². The van der Waals surface area contributed by atoms with Gasteiger partial charge in [0.05, 0.1) is 5.60 Å². The van der Waals surface area contributed by atoms with Gasteiger partial charge < -0.3 is 19.5 Å². The van der Waals surface area contributed by atoms with E-state index in [1.165, 1.54) is 11.9 Å². The first kappa shape index (κ1) is 16.2. The molecule has 0 aromatic carbocycles. The van der Waals surface area contributed by atoms with Crippen LogP contribution >= 0.6 is 0 Å². The van der Waals surface area contributed by atoms with Crippen molar-refractivity contribution >= 4 is 5.91 Å². The molecule has 1 heterocycles. The third-order valence-electron chi connectivity index (χ3n) is 2.87. The topological polar surface area (TPSA) is 59.0 Å². The molecule has 1 rings (SSSR count). The lowest BCUT2D eigenvalue weighted by Gasteiger charge is -2.35. The van der Waals surface area contributed by atoms with E-state index in [9.17, 15) is 23.1 Å². The second-order valence-corrected chi connectivity index (χ2v) is 4.69. The highest BCUT2D eigenvalue weighted by atomic mass is 19.4. The van der Waals surface area contributed by atoms with Crippen molar-refractivity contribution in [2.45, 2.75) is 24.6 Å². The monoisotopic (exact) mass is 285 g/mol. The molecular weight excluding hydrogens is 267 g/mol. The lowest BCUT2D eigenvalue weighted by atomic mass is 9.94. The third-order valence-corrected chi connectivity index (χ3v) is 2.87. The van der Waals surface area contributed by atoms with Gasteiger partial charge in [-0.3, -0.25) is 4.79 Å². The Labute approximate surface area is 109 Å². The predicted molar refractivity (Wildman–Crippen MR) is 59.5 cm³/mol. The molecule has 1 amide bonds. The first-order valence-corrected chi connectivity index (χ1v) is 5.90. The standard InChI is InChI=1S/C11H18F3NO4/c1-15(7-10(17)2-4-18-5-3-10)9(16)6-19-8-11(12,13)14/h17H,2-8H2,1H3. The maximum absolute atomic E-state index is 11.8. The largest absolute Gasteiger partial charge is 0.411 e. The molecular formula is C11H18F3NO4. The van der Waals surface area contributed by atoms with E-state index >= 15 is 0 Å². The van der Waals surface area contributed by atoms with Crippen LogP contribution < -0.4 is 0 Å². The number of ether oxygens (including phenoxy) is 2. The quantitative estimate of drug-likeness (QED) is 0.802. The van der Waals surface area contributed by atoms with Gasteiger partial charge in [0, 0.05) is 39.6 Å². The van der Waals surface area contributed by atoms with Crippen molar-refractivity contribution in [3.8, 4) is 0 Å². The van der Waals surface area contributed by atoms with Crippen LogP contribution in [0.25, 0.3) is 0 Å². The smallest absolute Gasteiger partial charge is 0.388 e. The first-order valence-electron chi connectivity index (χ1n) is 5.90. The summed E-state index contributed by atoms with van der Waals surface area (Å²) >= 11 is 0. The molecule has 0 radical (unpaired) electrons. The number of rotatable bonds is 5. The molecule has 112 valence electrons. The van der Waals surface area contributed by atoms with E-state index in [4.69, 9.17) is 4.74 Å². The maximum Gasteiger partial charge on any atom is 0.411 e. The van der Waals surface area contributed by atoms with Gasteiger partial charge in [0.25, 0.3) is 0 Å². The zero-order chi connectivity index (χ0) is 14.5. The van der Waals surface area contributed by atoms with Gasteiger partial charge in [-0.05, 0) is 0 Å². The molecule has 0 aromatic heterocycles. The number of aliphatic hydroxyl groups is 1. The molecule has 0 aliphatic carbocycles. The summed E-state index contributed by atoms with van der Waals surface area (Å²) in [6, 6.07) is 0. The van der Waals surface area contributed by atoms with Crippen LogP contribution in [0.4, 0.5) is 13.2 Å². The van der Waals surface area contributed by atoms with Crippen LogP contribution in [0.15, 0.2) is 0 Å². The molecule has 1 fully saturated rings. The van der Waals surface area contributed by atoms with E-state index in [-0.39, 0.29) is 6.54 Å². The fourth-order valence-electron chi connectivity index (χ4n) is 1.80. The van der Waals surface area contributed by atoms with Gasteiger partial charge in [0.1, 0.15) is 13.2 Å². The molecule has 0 saturated carbocycles. The predicted octanol–water partition coefficient (Wildman–Crippen LogP) is 0.565. The minimum Gasteiger partial charge on any atom is -0.388 e. The van der Waals surface area contributed by atoms with Gasteiger partial charge >= 0.3 is 6.18 Å². The summed E-state index contributed by atoms with van der Waals surface area (Å²) < 4.78 is 44.9. The Bertz CT molecular complexity index is 303. The van der Waals surface area contributed by atoms with Crippen LogP contribution in [0.1, 0.15) is 12.8 Å². The Morgan fingerprint density at radius 3 is 2.53 bits per heavy atom. The van der Waals surface area contributed by atoms with Crippen molar-refractivity contribution in [1.82, 2.24) is 4.90 Å². The molecule has 5 nitrogen and oxygen atoms in total. The number of carbonyl (C=O) groups excluding carboxylic acids is 1. The van der Waals surface area contributed by atoms with Crippen LogP contribution in [0, 0.1) is 0 Å². The highest BCUT2D eigenvalue weighted by Crippen LogP contribution is 2.21. The number of nitrogens with zero attached hydrogens (tertiary/aromatic N) is 1. The van der Waals surface area contributed by atoms with Gasteiger partial charge in [0.2, 0.25) is 5.91 Å². The van der Waals surface area contributed by atoms with E-state index in [1.54, 1.807) is 0 Å². The van der Waals surface area contributed by atoms with Crippen molar-refractivity contribution in [2.24, 2.45) is 0 Å². The highest BCUT2D eigenvalue weighted by Gasteiger charge is 2.33. The van der Waals surface area contributed by atoms with Crippen molar-refractivity contribution in [3.63, 3.8) is 0 Å². The van der Waals surface area contributed by atoms with Gasteiger partial charge in [0.15, 0.2) is 0 Å². The maximum atomic E-state index is 11.8. The Balaban J connectivity index is 2.32. The zero-order valence-electron chi connectivity index (χ0n) is 10.7. The Kier molecular flexibility index (Phi) is 5.57. The number of halogens is 3. The molecule has 0 bridgehead atoms. The van der Waals surface area contributed by atoms with Crippen LogP contribution in [-0.2, 0) is 14.3 Å². The van der Waals surface area contributed by atoms with Crippen molar-refractivity contribution in [3.05, 3.63) is 0 Å². The lowest BCUT2D eigenvalue weighted by molar-refractivity contribution is -0.178. The molecule has 0 spiro atoms. The number of alkyl halides is 3. The van der Waals surface area contributed by atoms with Gasteiger partial charge in [-0.25, -0.2) is 0 Å². The van der Waals surface area contributed by atoms with E-state index < -0.39 is 30.9 Å². The lowest BCUT2D eigenvalue weighted by Crippen LogP contribution is -2.48.